The van der Waals surface area contributed by atoms with E-state index in [2.05, 4.69) is 10.3 Å². The fraction of sp³-hybridized carbons (Fsp3) is 0.364. The Morgan fingerprint density at radius 2 is 1.82 bits per heavy atom. The van der Waals surface area contributed by atoms with Gasteiger partial charge in [0.25, 0.3) is 0 Å². The predicted molar refractivity (Wildman–Crippen MR) is 104 cm³/mol. The minimum atomic E-state index is -0.626. The Kier molecular flexibility index (Phi) is 5.17. The number of rotatable bonds is 6. The van der Waals surface area contributed by atoms with Crippen molar-refractivity contribution in [3.8, 4) is 11.3 Å². The van der Waals surface area contributed by atoms with Gasteiger partial charge in [0, 0.05) is 17.5 Å². The Morgan fingerprint density at radius 3 is 2.50 bits per heavy atom. The van der Waals surface area contributed by atoms with Gasteiger partial charge in [-0.2, -0.15) is 0 Å². The highest BCUT2D eigenvalue weighted by molar-refractivity contribution is 5.92. The van der Waals surface area contributed by atoms with Crippen LogP contribution in [0.25, 0.3) is 22.2 Å². The first-order valence-corrected chi connectivity index (χ1v) is 9.57. The molecule has 3 N–H and O–H groups in total. The zero-order chi connectivity index (χ0) is 19.8. The Labute approximate surface area is 161 Å². The summed E-state index contributed by atoms with van der Waals surface area (Å²) in [7, 11) is 0. The van der Waals surface area contributed by atoms with Gasteiger partial charge in [-0.3, -0.25) is 0 Å². The summed E-state index contributed by atoms with van der Waals surface area (Å²) in [5, 5.41) is 13.0. The van der Waals surface area contributed by atoms with E-state index < -0.39 is 11.6 Å². The predicted octanol–water partition coefficient (Wildman–Crippen LogP) is 4.72. The maximum absolute atomic E-state index is 14.4. The molecule has 1 saturated carbocycles. The third-order valence-corrected chi connectivity index (χ3v) is 5.67. The van der Waals surface area contributed by atoms with E-state index in [1.165, 1.54) is 18.2 Å². The highest BCUT2D eigenvalue weighted by Crippen LogP contribution is 2.48. The normalized spacial score (nSPS) is 20.3. The van der Waals surface area contributed by atoms with Gasteiger partial charge in [0.2, 0.25) is 0 Å². The number of hydrogen-bond acceptors (Lipinski definition) is 2. The number of nitrogens with one attached hydrogen (secondary N) is 2. The van der Waals surface area contributed by atoms with Gasteiger partial charge >= 0.3 is 0 Å². The molecule has 0 spiro atoms. The topological polar surface area (TPSA) is 48.0 Å². The number of benzene rings is 2. The van der Waals surface area contributed by atoms with Gasteiger partial charge < -0.3 is 15.4 Å². The third kappa shape index (κ3) is 3.54. The van der Waals surface area contributed by atoms with Crippen LogP contribution < -0.4 is 5.32 Å². The molecule has 1 fully saturated rings. The second-order valence-corrected chi connectivity index (χ2v) is 7.76. The van der Waals surface area contributed by atoms with E-state index >= 15 is 0 Å². The largest absolute Gasteiger partial charge is 0.395 e. The van der Waals surface area contributed by atoms with Crippen LogP contribution in [-0.2, 0) is 0 Å². The van der Waals surface area contributed by atoms with Crippen molar-refractivity contribution in [2.75, 3.05) is 13.2 Å². The average molecular weight is 388 g/mol. The van der Waals surface area contributed by atoms with Crippen LogP contribution in [0.5, 0.6) is 0 Å². The lowest BCUT2D eigenvalue weighted by Crippen LogP contribution is -2.38. The van der Waals surface area contributed by atoms with Crippen molar-refractivity contribution >= 4 is 10.9 Å². The van der Waals surface area contributed by atoms with Crippen LogP contribution in [0.2, 0.25) is 0 Å². The Bertz CT molecular complexity index is 978. The van der Waals surface area contributed by atoms with Crippen LogP contribution in [0.4, 0.5) is 13.2 Å². The van der Waals surface area contributed by atoms with Crippen LogP contribution in [-0.4, -0.2) is 29.3 Å². The van der Waals surface area contributed by atoms with Crippen molar-refractivity contribution in [2.24, 2.45) is 5.92 Å². The van der Waals surface area contributed by atoms with Crippen molar-refractivity contribution in [1.29, 1.82) is 0 Å². The molecule has 1 heterocycles. The lowest BCUT2D eigenvalue weighted by Gasteiger charge is -2.37. The minimum Gasteiger partial charge on any atom is -0.395 e. The van der Waals surface area contributed by atoms with Gasteiger partial charge in [0.15, 0.2) is 0 Å². The van der Waals surface area contributed by atoms with Crippen LogP contribution in [0.3, 0.4) is 0 Å². The number of H-pyrrole nitrogens is 1. The molecule has 0 saturated heterocycles. The maximum atomic E-state index is 14.4. The summed E-state index contributed by atoms with van der Waals surface area (Å²) in [6.07, 6.45) is 1.79. The minimum absolute atomic E-state index is 0.0464. The molecular weight excluding hydrogens is 365 g/mol. The monoisotopic (exact) mass is 388 g/mol. The molecule has 3 nitrogen and oxygen atoms in total. The van der Waals surface area contributed by atoms with Crippen LogP contribution >= 0.6 is 0 Å². The summed E-state index contributed by atoms with van der Waals surface area (Å²) in [6, 6.07) is 8.33. The summed E-state index contributed by atoms with van der Waals surface area (Å²) in [6.45, 7) is 2.81. The fourth-order valence-corrected chi connectivity index (χ4v) is 4.08. The molecule has 1 aromatic heterocycles. The molecule has 28 heavy (non-hydrogen) atoms. The van der Waals surface area contributed by atoms with E-state index in [-0.39, 0.29) is 29.9 Å². The first kappa shape index (κ1) is 19.0. The first-order chi connectivity index (χ1) is 13.5. The van der Waals surface area contributed by atoms with Crippen molar-refractivity contribution in [3.05, 3.63) is 59.4 Å². The van der Waals surface area contributed by atoms with E-state index in [9.17, 15) is 13.2 Å². The van der Waals surface area contributed by atoms with Gasteiger partial charge in [0.1, 0.15) is 17.5 Å². The van der Waals surface area contributed by atoms with Gasteiger partial charge in [-0.1, -0.05) is 0 Å². The lowest BCUT2D eigenvalue weighted by atomic mass is 9.70. The molecule has 0 radical (unpaired) electrons. The molecule has 0 bridgehead atoms. The number of aliphatic hydroxyl groups excluding tert-OH is 1. The van der Waals surface area contributed by atoms with E-state index in [4.69, 9.17) is 5.11 Å². The smallest absolute Gasteiger partial charge is 0.150 e. The zero-order valence-corrected chi connectivity index (χ0v) is 15.6. The van der Waals surface area contributed by atoms with Crippen LogP contribution in [0.15, 0.2) is 36.4 Å². The first-order valence-electron chi connectivity index (χ1n) is 9.57. The van der Waals surface area contributed by atoms with E-state index in [1.54, 1.807) is 12.1 Å². The standard InChI is InChI=1S/C22H23F3N2O/c1-12(11-28)26-10-13-6-15(7-13)20-18-8-17(24)9-19(25)22(18)27-21(20)14-2-4-16(23)5-3-14/h2-5,8-9,12-13,15,26-28H,6-7,10-11H2,1H3. The Balaban J connectivity index is 1.68. The van der Waals surface area contributed by atoms with Crippen molar-refractivity contribution in [1.82, 2.24) is 10.3 Å². The average Bonchev–Trinajstić information content (AvgIpc) is 3.00. The molecule has 1 aliphatic carbocycles. The Morgan fingerprint density at radius 1 is 1.11 bits per heavy atom. The van der Waals surface area contributed by atoms with Crippen molar-refractivity contribution < 1.29 is 18.3 Å². The molecule has 0 aliphatic heterocycles. The molecule has 1 atom stereocenters. The second-order valence-electron chi connectivity index (χ2n) is 7.76. The maximum Gasteiger partial charge on any atom is 0.150 e. The highest BCUT2D eigenvalue weighted by atomic mass is 19.1. The lowest BCUT2D eigenvalue weighted by molar-refractivity contribution is 0.214. The summed E-state index contributed by atoms with van der Waals surface area (Å²) in [5.41, 5.74) is 2.65. The molecule has 3 aromatic rings. The molecule has 6 heteroatoms. The third-order valence-electron chi connectivity index (χ3n) is 5.67. The molecule has 4 rings (SSSR count). The summed E-state index contributed by atoms with van der Waals surface area (Å²) >= 11 is 0. The summed E-state index contributed by atoms with van der Waals surface area (Å²) < 4.78 is 41.6. The van der Waals surface area contributed by atoms with Gasteiger partial charge in [0.05, 0.1) is 17.8 Å². The molecule has 148 valence electrons. The second kappa shape index (κ2) is 7.60. The Hall–Kier alpha value is -2.31. The SMILES string of the molecule is CC(CO)NCC1CC(c2c(-c3ccc(F)cc3)[nH]c3c(F)cc(F)cc23)C1. The highest BCUT2D eigenvalue weighted by Gasteiger charge is 2.34. The zero-order valence-electron chi connectivity index (χ0n) is 15.6. The number of aromatic amines is 1. The summed E-state index contributed by atoms with van der Waals surface area (Å²) in [4.78, 5) is 3.11. The molecule has 0 amide bonds. The van der Waals surface area contributed by atoms with E-state index in [0.717, 1.165) is 42.3 Å². The molecule has 1 aliphatic rings. The number of halogens is 3. The molecule has 2 aromatic carbocycles. The number of hydrogen-bond donors (Lipinski definition) is 3. The van der Waals surface area contributed by atoms with E-state index in [0.29, 0.717) is 11.3 Å². The fourth-order valence-electron chi connectivity index (χ4n) is 4.08. The number of aliphatic hydroxyl groups is 1. The van der Waals surface area contributed by atoms with Gasteiger partial charge in [-0.25, -0.2) is 13.2 Å². The molecular formula is C22H23F3N2O. The van der Waals surface area contributed by atoms with Crippen molar-refractivity contribution in [2.45, 2.75) is 31.7 Å². The van der Waals surface area contributed by atoms with E-state index in [1.807, 2.05) is 6.92 Å². The van der Waals surface area contributed by atoms with Gasteiger partial charge in [-0.15, -0.1) is 0 Å². The van der Waals surface area contributed by atoms with Crippen molar-refractivity contribution in [3.63, 3.8) is 0 Å². The molecule has 1 unspecified atom stereocenters. The summed E-state index contributed by atoms with van der Waals surface area (Å²) in [5.74, 6) is -0.953. The quantitative estimate of drug-likeness (QED) is 0.572. The van der Waals surface area contributed by atoms with Crippen LogP contribution in [0, 0.1) is 23.4 Å². The van der Waals surface area contributed by atoms with Gasteiger partial charge in [-0.05, 0) is 79.6 Å². The number of fused-ring (bicyclic) bond motifs is 1. The number of aromatic nitrogens is 1. The van der Waals surface area contributed by atoms with Crippen LogP contribution in [0.1, 0.15) is 31.2 Å².